The van der Waals surface area contributed by atoms with Crippen LogP contribution in [0.1, 0.15) is 104 Å². The maximum absolute atomic E-state index is 12.8. The van der Waals surface area contributed by atoms with Crippen LogP contribution in [-0.2, 0) is 28.7 Å². The van der Waals surface area contributed by atoms with Gasteiger partial charge in [0, 0.05) is 39.0 Å². The first-order chi connectivity index (χ1) is 17.4. The standard InChI is InChI=1S/C26H50N4O6/c1-3-5-7-9-11-13-15-21(31)35-23(25(33)29-19-17-27)24(26(34)30-20-18-28)36-22(32)16-14-12-10-8-6-4-2/h23-24H,3-20,27-28H2,1-2H3,(H,29,33)(H,30,34)/t23-,24-/m1/s1. The Morgan fingerprint density at radius 3 is 1.25 bits per heavy atom. The number of amides is 2. The van der Waals surface area contributed by atoms with Crippen molar-refractivity contribution in [2.24, 2.45) is 11.5 Å². The molecule has 0 aromatic heterocycles. The maximum atomic E-state index is 12.8. The second-order valence-corrected chi connectivity index (χ2v) is 9.02. The number of hydrogen-bond donors (Lipinski definition) is 4. The lowest BCUT2D eigenvalue weighted by atomic mass is 10.1. The molecule has 0 radical (unpaired) electrons. The molecule has 0 bridgehead atoms. The average Bonchev–Trinajstić information content (AvgIpc) is 2.87. The number of carbonyl (C=O) groups excluding carboxylic acids is 4. The second kappa shape index (κ2) is 23.2. The van der Waals surface area contributed by atoms with E-state index < -0.39 is 36.0 Å². The molecule has 6 N–H and O–H groups in total. The molecule has 0 aromatic carbocycles. The molecule has 0 saturated carbocycles. The van der Waals surface area contributed by atoms with Crippen LogP contribution in [0.15, 0.2) is 0 Å². The summed E-state index contributed by atoms with van der Waals surface area (Å²) in [4.78, 5) is 50.7. The molecule has 0 saturated heterocycles. The summed E-state index contributed by atoms with van der Waals surface area (Å²) in [6.07, 6.45) is 8.75. The summed E-state index contributed by atoms with van der Waals surface area (Å²) in [5.41, 5.74) is 10.9. The van der Waals surface area contributed by atoms with Crippen LogP contribution >= 0.6 is 0 Å². The fourth-order valence-corrected chi connectivity index (χ4v) is 3.60. The first-order valence-corrected chi connectivity index (χ1v) is 13.8. The Morgan fingerprint density at radius 2 is 0.917 bits per heavy atom. The summed E-state index contributed by atoms with van der Waals surface area (Å²) >= 11 is 0. The van der Waals surface area contributed by atoms with Crippen molar-refractivity contribution in [2.45, 2.75) is 116 Å². The van der Waals surface area contributed by atoms with E-state index in [1.165, 1.54) is 0 Å². The van der Waals surface area contributed by atoms with E-state index in [0.29, 0.717) is 12.8 Å². The highest BCUT2D eigenvalue weighted by Crippen LogP contribution is 2.14. The van der Waals surface area contributed by atoms with Crippen molar-refractivity contribution in [1.29, 1.82) is 0 Å². The van der Waals surface area contributed by atoms with Gasteiger partial charge in [0.15, 0.2) is 0 Å². The molecule has 0 unspecified atom stereocenters. The van der Waals surface area contributed by atoms with Crippen LogP contribution in [0.25, 0.3) is 0 Å². The smallest absolute Gasteiger partial charge is 0.306 e. The minimum atomic E-state index is -1.62. The highest BCUT2D eigenvalue weighted by molar-refractivity contribution is 5.93. The number of ether oxygens (including phenoxy) is 2. The number of carbonyl (C=O) groups is 4. The van der Waals surface area contributed by atoms with Crippen LogP contribution < -0.4 is 22.1 Å². The fraction of sp³-hybridized carbons (Fsp3) is 0.846. The third-order valence-electron chi connectivity index (χ3n) is 5.66. The van der Waals surface area contributed by atoms with Crippen molar-refractivity contribution in [3.8, 4) is 0 Å². The molecule has 0 heterocycles. The monoisotopic (exact) mass is 514 g/mol. The van der Waals surface area contributed by atoms with Crippen molar-refractivity contribution in [3.63, 3.8) is 0 Å². The van der Waals surface area contributed by atoms with Gasteiger partial charge in [-0.3, -0.25) is 19.2 Å². The number of hydrogen-bond acceptors (Lipinski definition) is 8. The Bertz CT molecular complexity index is 565. The van der Waals surface area contributed by atoms with E-state index in [-0.39, 0.29) is 39.0 Å². The van der Waals surface area contributed by atoms with E-state index in [9.17, 15) is 19.2 Å². The highest BCUT2D eigenvalue weighted by atomic mass is 16.6. The number of nitrogens with one attached hydrogen (secondary N) is 2. The minimum Gasteiger partial charge on any atom is -0.448 e. The lowest BCUT2D eigenvalue weighted by molar-refractivity contribution is -0.176. The molecule has 10 heteroatoms. The van der Waals surface area contributed by atoms with Crippen molar-refractivity contribution in [2.75, 3.05) is 26.2 Å². The van der Waals surface area contributed by atoms with Gasteiger partial charge in [-0.2, -0.15) is 0 Å². The van der Waals surface area contributed by atoms with Gasteiger partial charge in [0.25, 0.3) is 11.8 Å². The number of esters is 2. The van der Waals surface area contributed by atoms with Crippen LogP contribution in [0.2, 0.25) is 0 Å². The number of unbranched alkanes of at least 4 members (excludes halogenated alkanes) is 10. The lowest BCUT2D eigenvalue weighted by Gasteiger charge is -2.25. The molecular formula is C26H50N4O6. The lowest BCUT2D eigenvalue weighted by Crippen LogP contribution is -2.54. The van der Waals surface area contributed by atoms with Crippen LogP contribution in [0, 0.1) is 0 Å². The largest absolute Gasteiger partial charge is 0.448 e. The van der Waals surface area contributed by atoms with Crippen molar-refractivity contribution < 1.29 is 28.7 Å². The Labute approximate surface area is 217 Å². The van der Waals surface area contributed by atoms with Gasteiger partial charge in [-0.1, -0.05) is 78.1 Å². The predicted octanol–water partition coefficient (Wildman–Crippen LogP) is 2.46. The maximum Gasteiger partial charge on any atom is 0.306 e. The molecule has 10 nitrogen and oxygen atoms in total. The summed E-state index contributed by atoms with van der Waals surface area (Å²) in [6, 6.07) is 0. The van der Waals surface area contributed by atoms with Crippen molar-refractivity contribution in [1.82, 2.24) is 10.6 Å². The molecular weight excluding hydrogens is 464 g/mol. The van der Waals surface area contributed by atoms with Gasteiger partial charge in [-0.15, -0.1) is 0 Å². The summed E-state index contributed by atoms with van der Waals surface area (Å²) in [6.45, 7) is 4.82. The third-order valence-corrected chi connectivity index (χ3v) is 5.66. The Morgan fingerprint density at radius 1 is 0.583 bits per heavy atom. The van der Waals surface area contributed by atoms with E-state index in [4.69, 9.17) is 20.9 Å². The molecule has 0 aliphatic heterocycles. The highest BCUT2D eigenvalue weighted by Gasteiger charge is 2.39. The van der Waals surface area contributed by atoms with Crippen molar-refractivity contribution >= 4 is 23.8 Å². The third kappa shape index (κ3) is 17.3. The van der Waals surface area contributed by atoms with Gasteiger partial charge in [0.05, 0.1) is 0 Å². The SMILES string of the molecule is CCCCCCCCC(=O)O[C@@H](C(=O)NCCN)[C@@H](OC(=O)CCCCCCCC)C(=O)NCCN. The van der Waals surface area contributed by atoms with Gasteiger partial charge in [-0.05, 0) is 12.8 Å². The quantitative estimate of drug-likeness (QED) is 0.119. The number of nitrogens with two attached hydrogens (primary N) is 2. The zero-order chi connectivity index (χ0) is 27.0. The fourth-order valence-electron chi connectivity index (χ4n) is 3.60. The first-order valence-electron chi connectivity index (χ1n) is 13.8. The molecule has 36 heavy (non-hydrogen) atoms. The molecule has 0 aliphatic rings. The summed E-state index contributed by atoms with van der Waals surface area (Å²) in [7, 11) is 0. The molecule has 0 rings (SSSR count). The van der Waals surface area contributed by atoms with Crippen molar-refractivity contribution in [3.05, 3.63) is 0 Å². The molecule has 0 aliphatic carbocycles. The normalized spacial score (nSPS) is 12.4. The molecule has 2 atom stereocenters. The van der Waals surface area contributed by atoms with Crippen LogP contribution in [0.3, 0.4) is 0 Å². The average molecular weight is 515 g/mol. The van der Waals surface area contributed by atoms with Gasteiger partial charge in [-0.25, -0.2) is 0 Å². The van der Waals surface area contributed by atoms with Crippen LogP contribution in [0.5, 0.6) is 0 Å². The summed E-state index contributed by atoms with van der Waals surface area (Å²) in [5.74, 6) is -2.72. The topological polar surface area (TPSA) is 163 Å². The zero-order valence-electron chi connectivity index (χ0n) is 22.5. The molecule has 2 amide bonds. The molecule has 210 valence electrons. The second-order valence-electron chi connectivity index (χ2n) is 9.02. The van der Waals surface area contributed by atoms with Crippen LogP contribution in [0.4, 0.5) is 0 Å². The van der Waals surface area contributed by atoms with Gasteiger partial charge in [0.1, 0.15) is 0 Å². The minimum absolute atomic E-state index is 0.107. The van der Waals surface area contributed by atoms with E-state index in [2.05, 4.69) is 24.5 Å². The van der Waals surface area contributed by atoms with Crippen LogP contribution in [-0.4, -0.2) is 62.1 Å². The number of rotatable bonds is 23. The zero-order valence-corrected chi connectivity index (χ0v) is 22.5. The summed E-state index contributed by atoms with van der Waals surface area (Å²) in [5, 5.41) is 5.06. The van der Waals surface area contributed by atoms with E-state index in [1.54, 1.807) is 0 Å². The van der Waals surface area contributed by atoms with E-state index >= 15 is 0 Å². The Kier molecular flexibility index (Phi) is 21.8. The molecule has 0 aromatic rings. The molecule has 0 fully saturated rings. The van der Waals surface area contributed by atoms with E-state index in [1.807, 2.05) is 0 Å². The van der Waals surface area contributed by atoms with Gasteiger partial charge in [0.2, 0.25) is 12.2 Å². The first kappa shape index (κ1) is 33.8. The Hall–Kier alpha value is -2.20. The predicted molar refractivity (Wildman–Crippen MR) is 140 cm³/mol. The van der Waals surface area contributed by atoms with E-state index in [0.717, 1.165) is 64.2 Å². The summed E-state index contributed by atoms with van der Waals surface area (Å²) < 4.78 is 10.8. The van der Waals surface area contributed by atoms with Gasteiger partial charge >= 0.3 is 11.9 Å². The van der Waals surface area contributed by atoms with Gasteiger partial charge < -0.3 is 31.6 Å². The molecule has 0 spiro atoms. The Balaban J connectivity index is 5.22.